The summed E-state index contributed by atoms with van der Waals surface area (Å²) in [6.45, 7) is 3.96. The van der Waals surface area contributed by atoms with E-state index in [0.29, 0.717) is 11.2 Å². The fraction of sp³-hybridized carbons (Fsp3) is 0.316. The second kappa shape index (κ2) is 6.11. The minimum absolute atomic E-state index is 0.0626. The number of H-pyrrole nitrogens is 1. The molecule has 8 nitrogen and oxygen atoms in total. The summed E-state index contributed by atoms with van der Waals surface area (Å²) < 4.78 is 28.6. The summed E-state index contributed by atoms with van der Waals surface area (Å²) in [6.07, 6.45) is 3.47. The Morgan fingerprint density at radius 1 is 1.11 bits per heavy atom. The van der Waals surface area contributed by atoms with Crippen LogP contribution in [0.15, 0.2) is 52.5 Å². The van der Waals surface area contributed by atoms with Crippen molar-refractivity contribution < 1.29 is 8.42 Å². The van der Waals surface area contributed by atoms with E-state index >= 15 is 0 Å². The molecule has 4 heterocycles. The molecular weight excluding hydrogens is 376 g/mol. The Morgan fingerprint density at radius 2 is 1.86 bits per heavy atom. The molecule has 2 N–H and O–H groups in total. The highest BCUT2D eigenvalue weighted by Crippen LogP contribution is 2.35. The molecule has 9 heteroatoms. The van der Waals surface area contributed by atoms with E-state index in [2.05, 4.69) is 32.5 Å². The number of sulfone groups is 1. The first-order chi connectivity index (χ1) is 13.5. The number of fused-ring (bicyclic) bond motifs is 3. The average Bonchev–Trinajstić information content (AvgIpc) is 3.35. The van der Waals surface area contributed by atoms with Crippen molar-refractivity contribution in [3.8, 4) is 0 Å². The molecule has 3 aromatic heterocycles. The predicted molar refractivity (Wildman–Crippen MR) is 105 cm³/mol. The van der Waals surface area contributed by atoms with Crippen molar-refractivity contribution in [1.29, 1.82) is 0 Å². The number of aromatic nitrogens is 5. The highest BCUT2D eigenvalue weighted by molar-refractivity contribution is 7.91. The van der Waals surface area contributed by atoms with Gasteiger partial charge in [0, 0.05) is 11.6 Å². The number of hydrogen-bond acceptors (Lipinski definition) is 6. The van der Waals surface area contributed by atoms with E-state index in [0.717, 1.165) is 36.8 Å². The van der Waals surface area contributed by atoms with Crippen molar-refractivity contribution in [2.75, 3.05) is 13.1 Å². The lowest BCUT2D eigenvalue weighted by atomic mass is 9.90. The van der Waals surface area contributed by atoms with Gasteiger partial charge in [-0.1, -0.05) is 18.2 Å². The normalized spacial score (nSPS) is 17.3. The molecule has 1 fully saturated rings. The minimum Gasteiger partial charge on any atom is -0.317 e. The van der Waals surface area contributed by atoms with Crippen LogP contribution < -0.4 is 5.32 Å². The zero-order chi connectivity index (χ0) is 19.4. The van der Waals surface area contributed by atoms with Gasteiger partial charge in [0.1, 0.15) is 11.0 Å². The van der Waals surface area contributed by atoms with Crippen LogP contribution in [0.1, 0.15) is 19.8 Å². The second-order valence-corrected chi connectivity index (χ2v) is 9.27. The molecule has 5 rings (SSSR count). The molecule has 1 aromatic carbocycles. The molecule has 0 amide bonds. The molecule has 0 spiro atoms. The SMILES string of the molecule is CC1(n2[nH]nc3c(S(=O)(=O)c4ccccc4)nc4nccc4c32)CCNCC1. The minimum atomic E-state index is -3.83. The molecule has 1 saturated heterocycles. The second-order valence-electron chi connectivity index (χ2n) is 7.41. The Bertz CT molecular complexity index is 1270. The van der Waals surface area contributed by atoms with Gasteiger partial charge in [-0.2, -0.15) is 5.10 Å². The monoisotopic (exact) mass is 396 g/mol. The fourth-order valence-electron chi connectivity index (χ4n) is 3.93. The molecule has 0 radical (unpaired) electrons. The maximum atomic E-state index is 13.3. The number of benzene rings is 1. The van der Waals surface area contributed by atoms with Gasteiger partial charge in [-0.05, 0) is 51.1 Å². The number of piperidine rings is 1. The van der Waals surface area contributed by atoms with Crippen molar-refractivity contribution in [3.63, 3.8) is 0 Å². The van der Waals surface area contributed by atoms with Crippen LogP contribution in [-0.2, 0) is 15.4 Å². The van der Waals surface area contributed by atoms with Gasteiger partial charge in [-0.15, -0.1) is 0 Å². The molecule has 0 bridgehead atoms. The average molecular weight is 396 g/mol. The summed E-state index contributed by atoms with van der Waals surface area (Å²) in [5.74, 6) is 0. The molecule has 0 atom stereocenters. The third kappa shape index (κ3) is 2.46. The smallest absolute Gasteiger partial charge is 0.226 e. The van der Waals surface area contributed by atoms with E-state index in [9.17, 15) is 8.42 Å². The van der Waals surface area contributed by atoms with E-state index in [-0.39, 0.29) is 15.5 Å². The highest BCUT2D eigenvalue weighted by Gasteiger charge is 2.34. The zero-order valence-electron chi connectivity index (χ0n) is 15.4. The van der Waals surface area contributed by atoms with Crippen LogP contribution in [0.4, 0.5) is 0 Å². The number of hydrogen-bond donors (Lipinski definition) is 2. The Hall–Kier alpha value is -2.78. The van der Waals surface area contributed by atoms with Gasteiger partial charge in [0.25, 0.3) is 0 Å². The Balaban J connectivity index is 1.83. The number of pyridine rings is 1. The summed E-state index contributed by atoms with van der Waals surface area (Å²) in [7, 11) is -3.83. The molecule has 1 aliphatic heterocycles. The van der Waals surface area contributed by atoms with Gasteiger partial charge in [-0.3, -0.25) is 4.68 Å². The highest BCUT2D eigenvalue weighted by atomic mass is 32.2. The first-order valence-corrected chi connectivity index (χ1v) is 10.7. The van der Waals surface area contributed by atoms with E-state index in [1.54, 1.807) is 36.5 Å². The van der Waals surface area contributed by atoms with Gasteiger partial charge in [0.05, 0.1) is 10.4 Å². The standard InChI is InChI=1S/C19H20N6O2S/c1-19(8-11-20-12-9-19)25-16-14-7-10-21-17(14)22-18(15(16)23-24-25)28(26,27)13-5-3-2-4-6-13/h2-7,10,20,24H,8-9,11-12H2,1H3. The number of nitrogens with zero attached hydrogens (tertiary/aromatic N) is 4. The van der Waals surface area contributed by atoms with Crippen molar-refractivity contribution >= 4 is 31.9 Å². The largest absolute Gasteiger partial charge is 0.317 e. The number of nitrogens with one attached hydrogen (secondary N) is 2. The van der Waals surface area contributed by atoms with E-state index in [4.69, 9.17) is 0 Å². The Morgan fingerprint density at radius 3 is 2.61 bits per heavy atom. The van der Waals surface area contributed by atoms with Crippen molar-refractivity contribution in [3.05, 3.63) is 42.6 Å². The van der Waals surface area contributed by atoms with Crippen LogP contribution in [-0.4, -0.2) is 46.5 Å². The molecule has 1 aliphatic rings. The summed E-state index contributed by atoms with van der Waals surface area (Å²) >= 11 is 0. The van der Waals surface area contributed by atoms with Crippen molar-refractivity contribution in [2.45, 2.75) is 35.2 Å². The Labute approximate surface area is 161 Å². The van der Waals surface area contributed by atoms with Crippen LogP contribution in [0.2, 0.25) is 0 Å². The van der Waals surface area contributed by atoms with E-state index in [1.807, 2.05) is 10.7 Å². The van der Waals surface area contributed by atoms with Crippen LogP contribution >= 0.6 is 0 Å². The zero-order valence-corrected chi connectivity index (χ0v) is 16.2. The number of rotatable bonds is 3. The van der Waals surface area contributed by atoms with Crippen molar-refractivity contribution in [1.82, 2.24) is 30.3 Å². The summed E-state index contributed by atoms with van der Waals surface area (Å²) in [4.78, 5) is 8.86. The number of aromatic amines is 1. The summed E-state index contributed by atoms with van der Waals surface area (Å²) in [5.41, 5.74) is 1.31. The third-order valence-corrected chi connectivity index (χ3v) is 7.27. The van der Waals surface area contributed by atoms with E-state index < -0.39 is 9.84 Å². The first kappa shape index (κ1) is 17.3. The van der Waals surface area contributed by atoms with Crippen molar-refractivity contribution in [2.24, 2.45) is 0 Å². The van der Waals surface area contributed by atoms with Crippen LogP contribution in [0, 0.1) is 0 Å². The lowest BCUT2D eigenvalue weighted by molar-refractivity contribution is 0.213. The molecule has 4 aromatic rings. The van der Waals surface area contributed by atoms with Gasteiger partial charge in [0.2, 0.25) is 9.84 Å². The summed E-state index contributed by atoms with van der Waals surface area (Å²) in [6, 6.07) is 10.2. The fourth-order valence-corrected chi connectivity index (χ4v) is 5.28. The quantitative estimate of drug-likeness (QED) is 0.550. The molecule has 0 aliphatic carbocycles. The third-order valence-electron chi connectivity index (χ3n) is 5.58. The molecule has 0 unspecified atom stereocenters. The van der Waals surface area contributed by atoms with Crippen LogP contribution in [0.5, 0.6) is 0 Å². The molecule has 28 heavy (non-hydrogen) atoms. The maximum Gasteiger partial charge on any atom is 0.226 e. The van der Waals surface area contributed by atoms with Crippen LogP contribution in [0.3, 0.4) is 0 Å². The van der Waals surface area contributed by atoms with Crippen LogP contribution in [0.25, 0.3) is 22.1 Å². The molecule has 144 valence electrons. The lowest BCUT2D eigenvalue weighted by Gasteiger charge is -2.35. The van der Waals surface area contributed by atoms with Gasteiger partial charge < -0.3 is 5.32 Å². The van der Waals surface area contributed by atoms with E-state index in [1.165, 1.54) is 0 Å². The topological polar surface area (TPSA) is 106 Å². The first-order valence-electron chi connectivity index (χ1n) is 9.24. The predicted octanol–water partition coefficient (Wildman–Crippen LogP) is 2.24. The molecular formula is C19H20N6O2S. The maximum absolute atomic E-state index is 13.3. The molecule has 0 saturated carbocycles. The Kier molecular flexibility index (Phi) is 3.78. The summed E-state index contributed by atoms with van der Waals surface area (Å²) in [5, 5.41) is 11.6. The lowest BCUT2D eigenvalue weighted by Crippen LogP contribution is -2.42. The van der Waals surface area contributed by atoms with Gasteiger partial charge in [0.15, 0.2) is 10.7 Å². The van der Waals surface area contributed by atoms with Gasteiger partial charge in [-0.25, -0.2) is 23.6 Å². The van der Waals surface area contributed by atoms with Gasteiger partial charge >= 0.3 is 0 Å².